The second kappa shape index (κ2) is 7.77. The number of ketones is 1. The predicted molar refractivity (Wildman–Crippen MR) is 102 cm³/mol. The van der Waals surface area contributed by atoms with Gasteiger partial charge < -0.3 is 14.4 Å². The fraction of sp³-hybridized carbons (Fsp3) is 0.300. The SMILES string of the molecule is COC(=O)c1ccc(C(=O)Cc2cc(N3CCOCC3)n3nccc3n2)cc1. The lowest BCUT2D eigenvalue weighted by Crippen LogP contribution is -2.37. The molecular formula is C20H20N4O4. The second-order valence-corrected chi connectivity index (χ2v) is 6.48. The number of aromatic nitrogens is 3. The van der Waals surface area contributed by atoms with Crippen molar-refractivity contribution in [3.05, 3.63) is 59.4 Å². The van der Waals surface area contributed by atoms with Crippen molar-refractivity contribution in [2.24, 2.45) is 0 Å². The van der Waals surface area contributed by atoms with Gasteiger partial charge in [-0.15, -0.1) is 0 Å². The summed E-state index contributed by atoms with van der Waals surface area (Å²) < 4.78 is 11.9. The number of rotatable bonds is 5. The third-order valence-electron chi connectivity index (χ3n) is 4.70. The zero-order chi connectivity index (χ0) is 19.5. The quantitative estimate of drug-likeness (QED) is 0.493. The Balaban J connectivity index is 1.58. The van der Waals surface area contributed by atoms with Crippen LogP contribution in [0.4, 0.5) is 5.82 Å². The monoisotopic (exact) mass is 380 g/mol. The van der Waals surface area contributed by atoms with Crippen LogP contribution in [0.2, 0.25) is 0 Å². The van der Waals surface area contributed by atoms with Crippen LogP contribution in [0.5, 0.6) is 0 Å². The number of carbonyl (C=O) groups excluding carboxylic acids is 2. The van der Waals surface area contributed by atoms with Gasteiger partial charge in [0.25, 0.3) is 0 Å². The van der Waals surface area contributed by atoms with E-state index >= 15 is 0 Å². The summed E-state index contributed by atoms with van der Waals surface area (Å²) in [6.07, 6.45) is 1.86. The molecule has 0 amide bonds. The van der Waals surface area contributed by atoms with E-state index in [2.05, 4.69) is 19.7 Å². The molecule has 144 valence electrons. The highest BCUT2D eigenvalue weighted by Crippen LogP contribution is 2.20. The Labute approximate surface area is 161 Å². The molecule has 0 saturated carbocycles. The van der Waals surface area contributed by atoms with Gasteiger partial charge in [0.05, 0.1) is 44.2 Å². The lowest BCUT2D eigenvalue weighted by Gasteiger charge is -2.29. The number of carbonyl (C=O) groups is 2. The average molecular weight is 380 g/mol. The molecule has 3 aromatic rings. The van der Waals surface area contributed by atoms with Gasteiger partial charge >= 0.3 is 5.97 Å². The summed E-state index contributed by atoms with van der Waals surface area (Å²) in [4.78, 5) is 31.0. The molecule has 0 atom stereocenters. The summed E-state index contributed by atoms with van der Waals surface area (Å²) in [6, 6.07) is 10.2. The molecule has 8 heteroatoms. The van der Waals surface area contributed by atoms with Gasteiger partial charge in [-0.05, 0) is 12.1 Å². The number of ether oxygens (including phenoxy) is 2. The van der Waals surface area contributed by atoms with Gasteiger partial charge in [0.2, 0.25) is 0 Å². The predicted octanol–water partition coefficient (Wildman–Crippen LogP) is 1.78. The molecule has 1 aliphatic rings. The van der Waals surface area contributed by atoms with Crippen molar-refractivity contribution >= 4 is 23.2 Å². The van der Waals surface area contributed by atoms with Crippen LogP contribution in [0.25, 0.3) is 5.65 Å². The number of hydrogen-bond donors (Lipinski definition) is 0. The first-order valence-electron chi connectivity index (χ1n) is 9.03. The van der Waals surface area contributed by atoms with Crippen molar-refractivity contribution in [3.63, 3.8) is 0 Å². The molecule has 4 rings (SSSR count). The summed E-state index contributed by atoms with van der Waals surface area (Å²) >= 11 is 0. The Morgan fingerprint density at radius 1 is 1.11 bits per heavy atom. The molecule has 0 unspecified atom stereocenters. The molecule has 1 fully saturated rings. The van der Waals surface area contributed by atoms with E-state index in [0.717, 1.165) is 18.9 Å². The molecule has 0 N–H and O–H groups in total. The molecule has 1 saturated heterocycles. The number of anilines is 1. The first-order valence-corrected chi connectivity index (χ1v) is 9.03. The van der Waals surface area contributed by atoms with E-state index in [1.807, 2.05) is 12.1 Å². The van der Waals surface area contributed by atoms with E-state index < -0.39 is 5.97 Å². The van der Waals surface area contributed by atoms with Gasteiger partial charge in [-0.3, -0.25) is 4.79 Å². The van der Waals surface area contributed by atoms with E-state index in [1.54, 1.807) is 35.0 Å². The first-order chi connectivity index (χ1) is 13.7. The van der Waals surface area contributed by atoms with Crippen LogP contribution in [0.3, 0.4) is 0 Å². The molecule has 0 aliphatic carbocycles. The van der Waals surface area contributed by atoms with E-state index in [9.17, 15) is 9.59 Å². The lowest BCUT2D eigenvalue weighted by molar-refractivity contribution is 0.0600. The Bertz CT molecular complexity index is 1010. The highest BCUT2D eigenvalue weighted by atomic mass is 16.5. The Kier molecular flexibility index (Phi) is 5.03. The van der Waals surface area contributed by atoms with E-state index in [-0.39, 0.29) is 12.2 Å². The van der Waals surface area contributed by atoms with Crippen molar-refractivity contribution in [2.75, 3.05) is 38.3 Å². The topological polar surface area (TPSA) is 86.0 Å². The number of morpholine rings is 1. The zero-order valence-corrected chi connectivity index (χ0v) is 15.5. The fourth-order valence-electron chi connectivity index (χ4n) is 3.23. The van der Waals surface area contributed by atoms with Crippen LogP contribution >= 0.6 is 0 Å². The zero-order valence-electron chi connectivity index (χ0n) is 15.5. The maximum atomic E-state index is 12.7. The number of esters is 1. The van der Waals surface area contributed by atoms with Crippen LogP contribution in [0.1, 0.15) is 26.4 Å². The number of hydrogen-bond acceptors (Lipinski definition) is 7. The molecular weight excluding hydrogens is 360 g/mol. The van der Waals surface area contributed by atoms with Crippen LogP contribution < -0.4 is 4.90 Å². The number of Topliss-reactive ketones (excluding diaryl/α,β-unsaturated/α-hetero) is 1. The van der Waals surface area contributed by atoms with Gasteiger partial charge in [0.15, 0.2) is 11.4 Å². The van der Waals surface area contributed by atoms with Crippen LogP contribution in [-0.2, 0) is 15.9 Å². The van der Waals surface area contributed by atoms with Crippen molar-refractivity contribution in [1.29, 1.82) is 0 Å². The third-order valence-corrected chi connectivity index (χ3v) is 4.70. The largest absolute Gasteiger partial charge is 0.465 e. The molecule has 0 radical (unpaired) electrons. The smallest absolute Gasteiger partial charge is 0.337 e. The lowest BCUT2D eigenvalue weighted by atomic mass is 10.0. The van der Waals surface area contributed by atoms with E-state index in [0.29, 0.717) is 35.7 Å². The van der Waals surface area contributed by atoms with Crippen LogP contribution in [0.15, 0.2) is 42.6 Å². The van der Waals surface area contributed by atoms with E-state index in [4.69, 9.17) is 4.74 Å². The maximum Gasteiger partial charge on any atom is 0.337 e. The van der Waals surface area contributed by atoms with Crippen molar-refractivity contribution in [3.8, 4) is 0 Å². The van der Waals surface area contributed by atoms with Gasteiger partial charge in [0.1, 0.15) is 5.82 Å². The molecule has 1 aliphatic heterocycles. The first kappa shape index (κ1) is 18.1. The highest BCUT2D eigenvalue weighted by Gasteiger charge is 2.18. The molecule has 2 aromatic heterocycles. The molecule has 3 heterocycles. The Hall–Kier alpha value is -3.26. The van der Waals surface area contributed by atoms with Crippen molar-refractivity contribution in [1.82, 2.24) is 14.6 Å². The maximum absolute atomic E-state index is 12.7. The minimum atomic E-state index is -0.429. The molecule has 28 heavy (non-hydrogen) atoms. The molecule has 0 bridgehead atoms. The summed E-state index contributed by atoms with van der Waals surface area (Å²) in [5.41, 5.74) is 2.31. The molecule has 0 spiro atoms. The highest BCUT2D eigenvalue weighted by molar-refractivity contribution is 5.98. The number of methoxy groups -OCH3 is 1. The van der Waals surface area contributed by atoms with Gasteiger partial charge in [-0.2, -0.15) is 9.61 Å². The second-order valence-electron chi connectivity index (χ2n) is 6.48. The number of benzene rings is 1. The summed E-state index contributed by atoms with van der Waals surface area (Å²) in [5, 5.41) is 4.35. The van der Waals surface area contributed by atoms with Crippen molar-refractivity contribution < 1.29 is 19.1 Å². The minimum Gasteiger partial charge on any atom is -0.465 e. The van der Waals surface area contributed by atoms with Gasteiger partial charge in [-0.25, -0.2) is 9.78 Å². The summed E-state index contributed by atoms with van der Waals surface area (Å²) in [5.74, 6) is 0.407. The standard InChI is InChI=1S/C20H20N4O4/c1-27-20(26)15-4-2-14(3-5-15)17(25)12-16-13-19(23-8-10-28-11-9-23)24-18(22-16)6-7-21-24/h2-7,13H,8-12H2,1H3. The van der Waals surface area contributed by atoms with Crippen molar-refractivity contribution in [2.45, 2.75) is 6.42 Å². The summed E-state index contributed by atoms with van der Waals surface area (Å²) in [6.45, 7) is 2.85. The molecule has 8 nitrogen and oxygen atoms in total. The van der Waals surface area contributed by atoms with Gasteiger partial charge in [0, 0.05) is 30.8 Å². The Morgan fingerprint density at radius 3 is 2.54 bits per heavy atom. The number of fused-ring (bicyclic) bond motifs is 1. The molecule has 1 aromatic carbocycles. The number of nitrogens with zero attached hydrogens (tertiary/aromatic N) is 4. The summed E-state index contributed by atoms with van der Waals surface area (Å²) in [7, 11) is 1.33. The van der Waals surface area contributed by atoms with E-state index in [1.165, 1.54) is 7.11 Å². The fourth-order valence-corrected chi connectivity index (χ4v) is 3.23. The van der Waals surface area contributed by atoms with Crippen LogP contribution in [0, 0.1) is 0 Å². The van der Waals surface area contributed by atoms with Gasteiger partial charge in [-0.1, -0.05) is 12.1 Å². The van der Waals surface area contributed by atoms with Crippen LogP contribution in [-0.4, -0.2) is 59.8 Å². The third kappa shape index (κ3) is 3.59. The minimum absolute atomic E-state index is 0.0688. The average Bonchev–Trinajstić information content (AvgIpc) is 3.22. The Morgan fingerprint density at radius 2 is 1.82 bits per heavy atom. The normalized spacial score (nSPS) is 14.2.